The highest BCUT2D eigenvalue weighted by Gasteiger charge is 2.35. The van der Waals surface area contributed by atoms with Crippen LogP contribution in [0.15, 0.2) is 0 Å². The highest BCUT2D eigenvalue weighted by Crippen LogP contribution is 2.28. The molecule has 1 saturated heterocycles. The minimum absolute atomic E-state index is 0.279. The molecule has 0 aromatic heterocycles. The van der Waals surface area contributed by atoms with E-state index in [1.807, 2.05) is 0 Å². The molecule has 1 aliphatic rings. The normalized spacial score (nSPS) is 23.4. The van der Waals surface area contributed by atoms with Crippen LogP contribution in [-0.2, 0) is 9.47 Å². The van der Waals surface area contributed by atoms with Crippen molar-refractivity contribution in [1.29, 1.82) is 0 Å². The van der Waals surface area contributed by atoms with Gasteiger partial charge in [0, 0.05) is 31.7 Å². The first-order chi connectivity index (χ1) is 9.43. The van der Waals surface area contributed by atoms with E-state index in [2.05, 4.69) is 45.0 Å². The Labute approximate surface area is 125 Å². The van der Waals surface area contributed by atoms with E-state index < -0.39 is 0 Å². The van der Waals surface area contributed by atoms with Crippen LogP contribution in [0.25, 0.3) is 0 Å². The molecule has 0 radical (unpaired) electrons. The van der Waals surface area contributed by atoms with Crippen molar-refractivity contribution in [2.45, 2.75) is 40.2 Å². The van der Waals surface area contributed by atoms with Crippen molar-refractivity contribution in [3.8, 4) is 0 Å². The number of hydrogen-bond acceptors (Lipinski definition) is 4. The van der Waals surface area contributed by atoms with E-state index in [4.69, 9.17) is 9.47 Å². The molecular formula is C16H34N2O2. The summed E-state index contributed by atoms with van der Waals surface area (Å²) in [6.45, 7) is 15.5. The first-order valence-electron chi connectivity index (χ1n) is 8.02. The van der Waals surface area contributed by atoms with Crippen molar-refractivity contribution in [2.75, 3.05) is 53.0 Å². The van der Waals surface area contributed by atoms with Gasteiger partial charge in [0.05, 0.1) is 19.3 Å². The third-order valence-corrected chi connectivity index (χ3v) is 3.77. The van der Waals surface area contributed by atoms with Crippen molar-refractivity contribution in [2.24, 2.45) is 11.3 Å². The Balaban J connectivity index is 2.33. The average molecular weight is 286 g/mol. The third-order valence-electron chi connectivity index (χ3n) is 3.77. The third kappa shape index (κ3) is 7.02. The number of likely N-dealkylation sites (N-methyl/N-ethyl adjacent to an activating group) is 1. The summed E-state index contributed by atoms with van der Waals surface area (Å²) in [5.74, 6) is 0.701. The smallest absolute Gasteiger partial charge is 0.0596 e. The predicted octanol–water partition coefficient (Wildman–Crippen LogP) is 2.00. The molecule has 1 heterocycles. The van der Waals surface area contributed by atoms with Gasteiger partial charge in [0.15, 0.2) is 0 Å². The first-order valence-corrected chi connectivity index (χ1v) is 8.02. The summed E-state index contributed by atoms with van der Waals surface area (Å²) >= 11 is 0. The van der Waals surface area contributed by atoms with Crippen LogP contribution in [0.3, 0.4) is 0 Å². The molecule has 4 nitrogen and oxygen atoms in total. The number of rotatable bonds is 10. The van der Waals surface area contributed by atoms with E-state index in [1.54, 1.807) is 0 Å². The zero-order chi connectivity index (χ0) is 15.0. The highest BCUT2D eigenvalue weighted by molar-refractivity contribution is 4.88. The van der Waals surface area contributed by atoms with E-state index in [1.165, 1.54) is 0 Å². The Bertz CT molecular complexity index is 251. The molecule has 1 rings (SSSR count). The fourth-order valence-corrected chi connectivity index (χ4v) is 2.69. The van der Waals surface area contributed by atoms with Crippen LogP contribution < -0.4 is 5.32 Å². The van der Waals surface area contributed by atoms with E-state index >= 15 is 0 Å². The maximum absolute atomic E-state index is 5.66. The van der Waals surface area contributed by atoms with Crippen LogP contribution in [0, 0.1) is 11.3 Å². The van der Waals surface area contributed by atoms with E-state index in [0.717, 1.165) is 52.4 Å². The zero-order valence-corrected chi connectivity index (χ0v) is 14.1. The van der Waals surface area contributed by atoms with Gasteiger partial charge in [0.1, 0.15) is 0 Å². The molecule has 0 aromatic carbocycles. The molecule has 1 unspecified atom stereocenters. The number of nitrogens with zero attached hydrogens (tertiary/aromatic N) is 1. The number of hydrogen-bond donors (Lipinski definition) is 1. The minimum atomic E-state index is 0.279. The Morgan fingerprint density at radius 3 is 2.60 bits per heavy atom. The average Bonchev–Trinajstić information content (AvgIpc) is 2.76. The van der Waals surface area contributed by atoms with Crippen LogP contribution >= 0.6 is 0 Å². The summed E-state index contributed by atoms with van der Waals surface area (Å²) in [5.41, 5.74) is 0.279. The molecule has 0 aliphatic carbocycles. The van der Waals surface area contributed by atoms with Crippen molar-refractivity contribution in [1.82, 2.24) is 10.2 Å². The fraction of sp³-hybridized carbons (Fsp3) is 1.00. The van der Waals surface area contributed by atoms with E-state index in [9.17, 15) is 0 Å². The van der Waals surface area contributed by atoms with E-state index in [-0.39, 0.29) is 5.41 Å². The zero-order valence-electron chi connectivity index (χ0n) is 14.1. The SMILES string of the molecule is CC(C)CNCC1(CN(C)CCOC(C)C)CCOC1. The second-order valence-corrected chi connectivity index (χ2v) is 6.98. The molecule has 1 aliphatic heterocycles. The van der Waals surface area contributed by atoms with Crippen molar-refractivity contribution < 1.29 is 9.47 Å². The van der Waals surface area contributed by atoms with Gasteiger partial charge in [-0.3, -0.25) is 0 Å². The lowest BCUT2D eigenvalue weighted by Crippen LogP contribution is -2.45. The topological polar surface area (TPSA) is 33.7 Å². The van der Waals surface area contributed by atoms with Crippen LogP contribution in [0.5, 0.6) is 0 Å². The molecule has 1 N–H and O–H groups in total. The Morgan fingerprint density at radius 2 is 2.05 bits per heavy atom. The summed E-state index contributed by atoms with van der Waals surface area (Å²) in [7, 11) is 2.19. The summed E-state index contributed by atoms with van der Waals surface area (Å²) < 4.78 is 11.3. The predicted molar refractivity (Wildman–Crippen MR) is 84.2 cm³/mol. The number of nitrogens with one attached hydrogen (secondary N) is 1. The Hall–Kier alpha value is -0.160. The summed E-state index contributed by atoms with van der Waals surface area (Å²) in [4.78, 5) is 2.38. The van der Waals surface area contributed by atoms with Gasteiger partial charge in [-0.25, -0.2) is 0 Å². The molecule has 4 heteroatoms. The van der Waals surface area contributed by atoms with Crippen LogP contribution in [-0.4, -0.2) is 64.1 Å². The van der Waals surface area contributed by atoms with E-state index in [0.29, 0.717) is 12.0 Å². The molecule has 0 spiro atoms. The molecule has 1 atom stereocenters. The molecule has 120 valence electrons. The Morgan fingerprint density at radius 1 is 1.30 bits per heavy atom. The lowest BCUT2D eigenvalue weighted by Gasteiger charge is -2.33. The lowest BCUT2D eigenvalue weighted by molar-refractivity contribution is 0.0512. The second-order valence-electron chi connectivity index (χ2n) is 6.98. The molecule has 0 saturated carbocycles. The van der Waals surface area contributed by atoms with Gasteiger partial charge in [-0.05, 0) is 39.8 Å². The maximum Gasteiger partial charge on any atom is 0.0596 e. The summed E-state index contributed by atoms with van der Waals surface area (Å²) in [5, 5.41) is 3.61. The lowest BCUT2D eigenvalue weighted by atomic mass is 9.86. The summed E-state index contributed by atoms with van der Waals surface area (Å²) in [6, 6.07) is 0. The van der Waals surface area contributed by atoms with Gasteiger partial charge in [0.25, 0.3) is 0 Å². The quantitative estimate of drug-likeness (QED) is 0.666. The molecule has 0 aromatic rings. The fourth-order valence-electron chi connectivity index (χ4n) is 2.69. The largest absolute Gasteiger partial charge is 0.381 e. The molecule has 0 bridgehead atoms. The monoisotopic (exact) mass is 286 g/mol. The molecule has 20 heavy (non-hydrogen) atoms. The van der Waals surface area contributed by atoms with Crippen molar-refractivity contribution in [3.63, 3.8) is 0 Å². The van der Waals surface area contributed by atoms with Gasteiger partial charge in [-0.2, -0.15) is 0 Å². The van der Waals surface area contributed by atoms with Crippen LogP contribution in [0.1, 0.15) is 34.1 Å². The highest BCUT2D eigenvalue weighted by atomic mass is 16.5. The number of ether oxygens (including phenoxy) is 2. The van der Waals surface area contributed by atoms with Gasteiger partial charge < -0.3 is 19.7 Å². The Kier molecular flexibility index (Phi) is 8.03. The van der Waals surface area contributed by atoms with Crippen LogP contribution in [0.4, 0.5) is 0 Å². The van der Waals surface area contributed by atoms with Gasteiger partial charge in [0.2, 0.25) is 0 Å². The van der Waals surface area contributed by atoms with Crippen molar-refractivity contribution in [3.05, 3.63) is 0 Å². The maximum atomic E-state index is 5.66. The summed E-state index contributed by atoms with van der Waals surface area (Å²) in [6.07, 6.45) is 1.48. The van der Waals surface area contributed by atoms with Crippen LogP contribution in [0.2, 0.25) is 0 Å². The molecular weight excluding hydrogens is 252 g/mol. The van der Waals surface area contributed by atoms with Gasteiger partial charge in [-0.15, -0.1) is 0 Å². The second kappa shape index (κ2) is 8.98. The standard InChI is InChI=1S/C16H34N2O2/c1-14(2)10-17-11-16(6-8-19-13-16)12-18(5)7-9-20-15(3)4/h14-15,17H,6-13H2,1-5H3. The van der Waals surface area contributed by atoms with Crippen molar-refractivity contribution >= 4 is 0 Å². The van der Waals surface area contributed by atoms with Gasteiger partial charge in [-0.1, -0.05) is 13.8 Å². The molecule has 0 amide bonds. The van der Waals surface area contributed by atoms with Gasteiger partial charge >= 0.3 is 0 Å². The minimum Gasteiger partial charge on any atom is -0.381 e. The first kappa shape index (κ1) is 17.9. The molecule has 1 fully saturated rings.